The van der Waals surface area contributed by atoms with Crippen molar-refractivity contribution in [2.24, 2.45) is 17.8 Å². The first-order valence-corrected chi connectivity index (χ1v) is 8.04. The van der Waals surface area contributed by atoms with Gasteiger partial charge in [-0.1, -0.05) is 13.8 Å². The first kappa shape index (κ1) is 12.4. The summed E-state index contributed by atoms with van der Waals surface area (Å²) in [4.78, 5) is 0. The van der Waals surface area contributed by atoms with E-state index in [2.05, 4.69) is 27.7 Å². The molecule has 0 amide bonds. The van der Waals surface area contributed by atoms with E-state index in [1.165, 1.54) is 36.5 Å². The van der Waals surface area contributed by atoms with Crippen LogP contribution < -0.4 is 0 Å². The van der Waals surface area contributed by atoms with Crippen molar-refractivity contribution >= 4 is 10.9 Å². The van der Waals surface area contributed by atoms with Crippen LogP contribution in [0.25, 0.3) is 0 Å². The number of hydrogen-bond donors (Lipinski definition) is 0. The van der Waals surface area contributed by atoms with Gasteiger partial charge in [-0.15, -0.1) is 0 Å². The molecule has 0 saturated heterocycles. The molecule has 0 aromatic carbocycles. The van der Waals surface area contributed by atoms with Crippen molar-refractivity contribution in [1.82, 2.24) is 0 Å². The monoisotopic (exact) mass is 215 g/mol. The molecule has 0 aromatic heterocycles. The fraction of sp³-hybridized carbons (Fsp3) is 1.00. The Morgan fingerprint density at radius 2 is 1.79 bits per heavy atom. The molecule has 0 bridgehead atoms. The van der Waals surface area contributed by atoms with Gasteiger partial charge in [0.05, 0.1) is 0 Å². The zero-order valence-corrected chi connectivity index (χ0v) is 11.2. The Morgan fingerprint density at radius 3 is 2.21 bits per heavy atom. The second-order valence-electron chi connectivity index (χ2n) is 5.04. The first-order chi connectivity index (χ1) is 6.67. The van der Waals surface area contributed by atoms with Gasteiger partial charge in [-0.2, -0.15) is 0 Å². The van der Waals surface area contributed by atoms with Gasteiger partial charge >= 0.3 is 0 Å². The van der Waals surface area contributed by atoms with Crippen molar-refractivity contribution < 1.29 is 0 Å². The predicted molar refractivity (Wildman–Crippen MR) is 69.0 cm³/mol. The minimum absolute atomic E-state index is 0.744. The maximum atomic E-state index is 2.40. The van der Waals surface area contributed by atoms with E-state index >= 15 is 0 Å². The van der Waals surface area contributed by atoms with Crippen molar-refractivity contribution in [2.45, 2.75) is 47.0 Å². The van der Waals surface area contributed by atoms with Gasteiger partial charge in [0.25, 0.3) is 0 Å². The summed E-state index contributed by atoms with van der Waals surface area (Å²) in [5.41, 5.74) is 0. The van der Waals surface area contributed by atoms with Crippen molar-refractivity contribution in [3.8, 4) is 0 Å². The van der Waals surface area contributed by atoms with Crippen molar-refractivity contribution in [3.05, 3.63) is 0 Å². The molecule has 0 aliphatic heterocycles. The van der Waals surface area contributed by atoms with Crippen LogP contribution in [-0.2, 0) is 10.9 Å². The SMILES string of the molecule is CC[S+](CC)CC1CCC(C(C)C)C1. The molecule has 0 nitrogen and oxygen atoms in total. The third kappa shape index (κ3) is 3.49. The van der Waals surface area contributed by atoms with Crippen LogP contribution in [0, 0.1) is 17.8 Å². The van der Waals surface area contributed by atoms with Gasteiger partial charge in [0.2, 0.25) is 0 Å². The summed E-state index contributed by atoms with van der Waals surface area (Å²) in [7, 11) is 0.744. The van der Waals surface area contributed by atoms with E-state index in [4.69, 9.17) is 0 Å². The highest BCUT2D eigenvalue weighted by molar-refractivity contribution is 7.96. The molecule has 2 unspecified atom stereocenters. The van der Waals surface area contributed by atoms with Crippen molar-refractivity contribution in [2.75, 3.05) is 17.3 Å². The average molecular weight is 215 g/mol. The maximum Gasteiger partial charge on any atom is 0.110 e. The molecule has 0 radical (unpaired) electrons. The van der Waals surface area contributed by atoms with E-state index < -0.39 is 0 Å². The zero-order chi connectivity index (χ0) is 10.6. The molecule has 84 valence electrons. The van der Waals surface area contributed by atoms with E-state index in [9.17, 15) is 0 Å². The minimum atomic E-state index is 0.744. The Bertz CT molecular complexity index is 149. The topological polar surface area (TPSA) is 0 Å². The maximum absolute atomic E-state index is 2.40. The molecule has 1 aliphatic rings. The van der Waals surface area contributed by atoms with Gasteiger partial charge in [0.1, 0.15) is 17.3 Å². The fourth-order valence-corrected chi connectivity index (χ4v) is 4.49. The first-order valence-electron chi connectivity index (χ1n) is 6.31. The lowest BCUT2D eigenvalue weighted by molar-refractivity contribution is 0.385. The summed E-state index contributed by atoms with van der Waals surface area (Å²) in [6.07, 6.45) is 4.56. The Hall–Kier alpha value is 0.350. The molecule has 14 heavy (non-hydrogen) atoms. The summed E-state index contributed by atoms with van der Waals surface area (Å²) in [6, 6.07) is 0. The number of rotatable bonds is 5. The van der Waals surface area contributed by atoms with E-state index in [0.29, 0.717) is 0 Å². The Morgan fingerprint density at radius 1 is 1.14 bits per heavy atom. The van der Waals surface area contributed by atoms with Crippen LogP contribution in [0.3, 0.4) is 0 Å². The van der Waals surface area contributed by atoms with Crippen LogP contribution >= 0.6 is 0 Å². The van der Waals surface area contributed by atoms with Gasteiger partial charge in [0, 0.05) is 5.92 Å². The van der Waals surface area contributed by atoms with Gasteiger partial charge in [0.15, 0.2) is 0 Å². The van der Waals surface area contributed by atoms with Crippen LogP contribution in [0.1, 0.15) is 47.0 Å². The molecule has 1 fully saturated rings. The standard InChI is InChI=1S/C13H27S/c1-5-14(6-2)10-12-7-8-13(9-12)11(3)4/h11-13H,5-10H2,1-4H3/q+1. The highest BCUT2D eigenvalue weighted by atomic mass is 32.2. The summed E-state index contributed by atoms with van der Waals surface area (Å²) in [5, 5.41) is 0. The zero-order valence-electron chi connectivity index (χ0n) is 10.4. The Labute approximate surface area is 93.2 Å². The minimum Gasteiger partial charge on any atom is -0.0625 e. The van der Waals surface area contributed by atoms with Crippen molar-refractivity contribution in [3.63, 3.8) is 0 Å². The summed E-state index contributed by atoms with van der Waals surface area (Å²) in [6.45, 7) is 9.52. The third-order valence-electron chi connectivity index (χ3n) is 3.81. The summed E-state index contributed by atoms with van der Waals surface area (Å²) < 4.78 is 0. The summed E-state index contributed by atoms with van der Waals surface area (Å²) >= 11 is 0. The van der Waals surface area contributed by atoms with Crippen LogP contribution in [-0.4, -0.2) is 17.3 Å². The van der Waals surface area contributed by atoms with Gasteiger partial charge in [-0.3, -0.25) is 0 Å². The molecule has 1 saturated carbocycles. The molecule has 0 heterocycles. The molecule has 0 spiro atoms. The molecule has 1 heteroatoms. The molecule has 1 rings (SSSR count). The lowest BCUT2D eigenvalue weighted by Crippen LogP contribution is -2.19. The number of hydrogen-bond acceptors (Lipinski definition) is 0. The van der Waals surface area contributed by atoms with E-state index in [1.807, 2.05) is 0 Å². The second-order valence-corrected chi connectivity index (χ2v) is 7.75. The largest absolute Gasteiger partial charge is 0.110 e. The molecule has 2 atom stereocenters. The second kappa shape index (κ2) is 6.05. The summed E-state index contributed by atoms with van der Waals surface area (Å²) in [5.74, 6) is 7.41. The molecule has 0 N–H and O–H groups in total. The van der Waals surface area contributed by atoms with Crippen LogP contribution in [0.2, 0.25) is 0 Å². The lowest BCUT2D eigenvalue weighted by atomic mass is 9.94. The Kier molecular flexibility index (Phi) is 5.36. The van der Waals surface area contributed by atoms with Crippen LogP contribution in [0.5, 0.6) is 0 Å². The van der Waals surface area contributed by atoms with E-state index in [-0.39, 0.29) is 0 Å². The highest BCUT2D eigenvalue weighted by Gasteiger charge is 2.30. The quantitative estimate of drug-likeness (QED) is 0.613. The smallest absolute Gasteiger partial charge is 0.0625 e. The fourth-order valence-electron chi connectivity index (χ4n) is 2.64. The average Bonchev–Trinajstić information content (AvgIpc) is 2.62. The lowest BCUT2D eigenvalue weighted by Gasteiger charge is -2.14. The van der Waals surface area contributed by atoms with Gasteiger partial charge in [-0.05, 0) is 55.8 Å². The normalized spacial score (nSPS) is 27.9. The molecule has 1 aliphatic carbocycles. The predicted octanol–water partition coefficient (Wildman–Crippen LogP) is 3.72. The Balaban J connectivity index is 2.28. The van der Waals surface area contributed by atoms with E-state index in [1.54, 1.807) is 0 Å². The van der Waals surface area contributed by atoms with Crippen molar-refractivity contribution in [1.29, 1.82) is 0 Å². The van der Waals surface area contributed by atoms with E-state index in [0.717, 1.165) is 28.6 Å². The molecule has 0 aromatic rings. The molecular weight excluding hydrogens is 188 g/mol. The molecular formula is C13H27S+. The third-order valence-corrected chi connectivity index (χ3v) is 6.39. The van der Waals surface area contributed by atoms with Crippen LogP contribution in [0.15, 0.2) is 0 Å². The van der Waals surface area contributed by atoms with Gasteiger partial charge in [-0.25, -0.2) is 0 Å². The van der Waals surface area contributed by atoms with Crippen LogP contribution in [0.4, 0.5) is 0 Å². The van der Waals surface area contributed by atoms with Gasteiger partial charge < -0.3 is 0 Å². The highest BCUT2D eigenvalue weighted by Crippen LogP contribution is 2.36.